The second kappa shape index (κ2) is 10.3. The van der Waals surface area contributed by atoms with Crippen LogP contribution in [0.1, 0.15) is 11.1 Å². The maximum Gasteiger partial charge on any atom is 0.525 e. The van der Waals surface area contributed by atoms with Gasteiger partial charge in [-0.15, -0.1) is 0 Å². The fourth-order valence-corrected chi connectivity index (χ4v) is 3.49. The van der Waals surface area contributed by atoms with Crippen molar-refractivity contribution >= 4 is 27.8 Å². The second-order valence-corrected chi connectivity index (χ2v) is 8.30. The fraction of sp³-hybridized carbons (Fsp3) is 0.222. The van der Waals surface area contributed by atoms with E-state index in [1.54, 1.807) is 12.1 Å². The average Bonchev–Trinajstić information content (AvgIpc) is 2.71. The highest BCUT2D eigenvalue weighted by Gasteiger charge is 2.29. The van der Waals surface area contributed by atoms with Gasteiger partial charge in [-0.2, -0.15) is 0 Å². The topological polar surface area (TPSA) is 170 Å². The van der Waals surface area contributed by atoms with Gasteiger partial charge in [0, 0.05) is 5.56 Å². The monoisotopic (exact) mass is 494 g/mol. The Morgan fingerprint density at radius 2 is 1.25 bits per heavy atom. The van der Waals surface area contributed by atoms with Crippen molar-refractivity contribution in [3.8, 4) is 34.5 Å². The van der Waals surface area contributed by atoms with Gasteiger partial charge >= 0.3 is 15.6 Å². The van der Waals surface area contributed by atoms with Gasteiger partial charge in [0.1, 0.15) is 0 Å². The molecular formula is C18H22O12P2. The first kappa shape index (κ1) is 25.5. The van der Waals surface area contributed by atoms with E-state index in [1.165, 1.54) is 52.7 Å². The first-order valence-electron chi connectivity index (χ1n) is 8.61. The molecule has 4 N–H and O–H groups in total. The van der Waals surface area contributed by atoms with Crippen LogP contribution in [-0.4, -0.2) is 48.0 Å². The molecule has 32 heavy (non-hydrogen) atoms. The summed E-state index contributed by atoms with van der Waals surface area (Å²) < 4.78 is 52.9. The van der Waals surface area contributed by atoms with Crippen molar-refractivity contribution < 1.29 is 56.7 Å². The summed E-state index contributed by atoms with van der Waals surface area (Å²) in [5.74, 6) is -0.459. The van der Waals surface area contributed by atoms with Crippen LogP contribution in [0.5, 0.6) is 34.5 Å². The van der Waals surface area contributed by atoms with Crippen molar-refractivity contribution in [2.45, 2.75) is 0 Å². The van der Waals surface area contributed by atoms with Gasteiger partial charge in [-0.05, 0) is 29.8 Å². The van der Waals surface area contributed by atoms with Gasteiger partial charge < -0.3 is 28.0 Å². The lowest BCUT2D eigenvalue weighted by molar-refractivity contribution is 0.258. The zero-order valence-corrected chi connectivity index (χ0v) is 19.2. The molecule has 12 nitrogen and oxygen atoms in total. The Kier molecular flexibility index (Phi) is 8.19. The Labute approximate surface area is 183 Å². The largest absolute Gasteiger partial charge is 0.525 e. The number of benzene rings is 2. The Hall–Kier alpha value is -2.72. The molecule has 0 aliphatic rings. The minimum atomic E-state index is -5.15. The van der Waals surface area contributed by atoms with Crippen molar-refractivity contribution in [3.05, 3.63) is 35.4 Å². The summed E-state index contributed by atoms with van der Waals surface area (Å²) in [4.78, 5) is 37.0. The van der Waals surface area contributed by atoms with Crippen LogP contribution in [0, 0.1) is 0 Å². The van der Waals surface area contributed by atoms with E-state index in [2.05, 4.69) is 9.05 Å². The smallest absolute Gasteiger partial charge is 0.493 e. The van der Waals surface area contributed by atoms with E-state index >= 15 is 0 Å². The maximum absolute atomic E-state index is 11.5. The first-order valence-corrected chi connectivity index (χ1v) is 11.7. The molecule has 14 heteroatoms. The number of hydrogen-bond donors (Lipinski definition) is 4. The molecule has 0 saturated carbocycles. The van der Waals surface area contributed by atoms with E-state index in [0.717, 1.165) is 0 Å². The van der Waals surface area contributed by atoms with Gasteiger partial charge in [0.15, 0.2) is 23.0 Å². The van der Waals surface area contributed by atoms with Gasteiger partial charge in [0.25, 0.3) is 0 Å². The molecule has 0 bridgehead atoms. The van der Waals surface area contributed by atoms with E-state index in [4.69, 9.17) is 18.9 Å². The zero-order valence-electron chi connectivity index (χ0n) is 17.4. The average molecular weight is 494 g/mol. The molecule has 0 heterocycles. The van der Waals surface area contributed by atoms with E-state index in [9.17, 15) is 28.7 Å². The summed E-state index contributed by atoms with van der Waals surface area (Å²) in [6.07, 6.45) is 2.89. The zero-order chi connectivity index (χ0) is 24.1. The predicted molar refractivity (Wildman–Crippen MR) is 113 cm³/mol. The molecule has 0 unspecified atom stereocenters. The standard InChI is InChI=1S/C18H22O12P2/c1-25-13-8-7-12(16(29-31(19,20)21)18(13)30-32(22,23)24)6-5-11-9-14(26-2)17(28-4)15(10-11)27-3/h5-10H,1-4H3,(H2,19,20,21)(H2,22,23,24)/b6-5-/i4+2. The molecule has 0 radical (unpaired) electrons. The van der Waals surface area contributed by atoms with Crippen LogP contribution in [0.2, 0.25) is 0 Å². The van der Waals surface area contributed by atoms with Crippen molar-refractivity contribution in [1.82, 2.24) is 0 Å². The highest BCUT2D eigenvalue weighted by molar-refractivity contribution is 7.47. The fourth-order valence-electron chi connectivity index (χ4n) is 2.65. The molecule has 0 saturated heterocycles. The number of rotatable bonds is 10. The van der Waals surface area contributed by atoms with Gasteiger partial charge in [0.05, 0.1) is 28.4 Å². The number of ether oxygens (including phenoxy) is 4. The molecule has 0 aliphatic carbocycles. The molecule has 2 rings (SSSR count). The van der Waals surface area contributed by atoms with Crippen LogP contribution in [0.4, 0.5) is 0 Å². The molecule has 0 fully saturated rings. The third-order valence-electron chi connectivity index (χ3n) is 3.89. The van der Waals surface area contributed by atoms with Crippen molar-refractivity contribution in [2.75, 3.05) is 28.4 Å². The molecule has 0 aromatic heterocycles. The van der Waals surface area contributed by atoms with E-state index in [-0.39, 0.29) is 11.3 Å². The number of hydrogen-bond acceptors (Lipinski definition) is 8. The molecule has 0 aliphatic heterocycles. The molecular weight excluding hydrogens is 472 g/mol. The van der Waals surface area contributed by atoms with Crippen LogP contribution in [0.25, 0.3) is 12.2 Å². The van der Waals surface area contributed by atoms with Crippen LogP contribution < -0.4 is 28.0 Å². The van der Waals surface area contributed by atoms with Crippen molar-refractivity contribution in [3.63, 3.8) is 0 Å². The highest BCUT2D eigenvalue weighted by atomic mass is 31.2. The third kappa shape index (κ3) is 6.64. The molecule has 176 valence electrons. The van der Waals surface area contributed by atoms with E-state index in [0.29, 0.717) is 22.8 Å². The highest BCUT2D eigenvalue weighted by Crippen LogP contribution is 2.53. The number of methoxy groups -OCH3 is 4. The van der Waals surface area contributed by atoms with E-state index in [1.807, 2.05) is 0 Å². The minimum absolute atomic E-state index is 0.0197. The molecule has 2 aromatic rings. The van der Waals surface area contributed by atoms with Gasteiger partial charge in [-0.25, -0.2) is 9.13 Å². The van der Waals surface area contributed by atoms with Gasteiger partial charge in [-0.3, -0.25) is 19.6 Å². The third-order valence-corrected chi connectivity index (χ3v) is 4.73. The van der Waals surface area contributed by atoms with Crippen LogP contribution >= 0.6 is 15.6 Å². The van der Waals surface area contributed by atoms with Gasteiger partial charge in [0.2, 0.25) is 11.5 Å². The summed E-state index contributed by atoms with van der Waals surface area (Å²) in [6, 6.07) is 5.85. The normalized spacial score (nSPS) is 11.9. The number of phosphoric ester groups is 2. The number of phosphoric acid groups is 2. The lowest BCUT2D eigenvalue weighted by atomic mass is 10.1. The Morgan fingerprint density at radius 1 is 0.750 bits per heavy atom. The second-order valence-electron chi connectivity index (χ2n) is 5.97. The van der Waals surface area contributed by atoms with Gasteiger partial charge in [-0.1, -0.05) is 12.2 Å². The van der Waals surface area contributed by atoms with Crippen LogP contribution in [0.15, 0.2) is 24.3 Å². The van der Waals surface area contributed by atoms with Crippen molar-refractivity contribution in [1.29, 1.82) is 0 Å². The summed E-state index contributed by atoms with van der Waals surface area (Å²) >= 11 is 0. The maximum atomic E-state index is 11.5. The Balaban J connectivity index is 2.65. The quantitative estimate of drug-likeness (QED) is 0.282. The molecule has 0 spiro atoms. The lowest BCUT2D eigenvalue weighted by Gasteiger charge is -2.18. The molecule has 2 aromatic carbocycles. The SMILES string of the molecule is COc1cc(/C=C\c2ccc(OC)c(OP(=O)(O)O)c2OP(=O)(O)O)cc(OC)c1O[14CH3]. The summed E-state index contributed by atoms with van der Waals surface area (Å²) in [7, 11) is -4.79. The van der Waals surface area contributed by atoms with Crippen LogP contribution in [0.3, 0.4) is 0 Å². The summed E-state index contributed by atoms with van der Waals surface area (Å²) in [6.45, 7) is 0. The minimum Gasteiger partial charge on any atom is -0.493 e. The lowest BCUT2D eigenvalue weighted by Crippen LogP contribution is -2.00. The molecule has 0 amide bonds. The summed E-state index contributed by atoms with van der Waals surface area (Å²) in [5, 5.41) is 0. The predicted octanol–water partition coefficient (Wildman–Crippen LogP) is 2.83. The summed E-state index contributed by atoms with van der Waals surface area (Å²) in [5.41, 5.74) is 0.557. The Bertz CT molecular complexity index is 1060. The van der Waals surface area contributed by atoms with E-state index < -0.39 is 27.1 Å². The van der Waals surface area contributed by atoms with Crippen LogP contribution in [-0.2, 0) is 9.13 Å². The Morgan fingerprint density at radius 3 is 1.69 bits per heavy atom. The first-order chi connectivity index (χ1) is 14.9. The molecule has 0 atom stereocenters. The van der Waals surface area contributed by atoms with Crippen molar-refractivity contribution in [2.24, 2.45) is 0 Å².